The van der Waals surface area contributed by atoms with E-state index in [9.17, 15) is 8.42 Å². The highest BCUT2D eigenvalue weighted by Gasteiger charge is 2.20. The Bertz CT molecular complexity index is 610. The van der Waals surface area contributed by atoms with Gasteiger partial charge in [-0.15, -0.1) is 0 Å². The van der Waals surface area contributed by atoms with E-state index in [2.05, 4.69) is 16.6 Å². The summed E-state index contributed by atoms with van der Waals surface area (Å²) >= 11 is 0. The zero-order chi connectivity index (χ0) is 15.2. The first-order chi connectivity index (χ1) is 9.30. The number of nitrogens with one attached hydrogen (secondary N) is 1. The van der Waals surface area contributed by atoms with Crippen molar-refractivity contribution < 1.29 is 8.42 Å². The Kier molecular flexibility index (Phi) is 5.75. The molecule has 0 unspecified atom stereocenters. The average molecular weight is 294 g/mol. The number of sulfonamides is 1. The predicted molar refractivity (Wildman–Crippen MR) is 81.6 cm³/mol. The maximum atomic E-state index is 12.2. The first-order valence-corrected chi connectivity index (χ1v) is 8.08. The minimum Gasteiger partial charge on any atom is -0.320 e. The molecule has 5 heteroatoms. The molecule has 110 valence electrons. The van der Waals surface area contributed by atoms with E-state index in [0.717, 1.165) is 6.42 Å². The highest BCUT2D eigenvalue weighted by Crippen LogP contribution is 2.19. The summed E-state index contributed by atoms with van der Waals surface area (Å²) in [7, 11) is -3.50. The number of benzene rings is 1. The summed E-state index contributed by atoms with van der Waals surface area (Å²) in [5, 5.41) is 0. The van der Waals surface area contributed by atoms with E-state index in [4.69, 9.17) is 5.73 Å². The molecule has 0 aromatic heterocycles. The van der Waals surface area contributed by atoms with Crippen molar-refractivity contribution in [2.45, 2.75) is 32.1 Å². The van der Waals surface area contributed by atoms with E-state index in [1.807, 2.05) is 20.8 Å². The van der Waals surface area contributed by atoms with Crippen LogP contribution in [-0.2, 0) is 10.0 Å². The van der Waals surface area contributed by atoms with Gasteiger partial charge in [0.15, 0.2) is 0 Å². The Labute approximate surface area is 121 Å². The molecule has 0 radical (unpaired) electrons. The SMILES string of the molecule is CCC(C)(C)CNS(=O)(=O)c1cccc(C#CCN)c1. The molecule has 1 aromatic rings. The highest BCUT2D eigenvalue weighted by atomic mass is 32.2. The smallest absolute Gasteiger partial charge is 0.240 e. The Morgan fingerprint density at radius 1 is 1.35 bits per heavy atom. The number of hydrogen-bond acceptors (Lipinski definition) is 3. The van der Waals surface area contributed by atoms with Gasteiger partial charge in [0.05, 0.1) is 11.4 Å². The summed E-state index contributed by atoms with van der Waals surface area (Å²) in [6.45, 7) is 6.75. The molecule has 0 atom stereocenters. The van der Waals surface area contributed by atoms with Gasteiger partial charge in [0.2, 0.25) is 10.0 Å². The van der Waals surface area contributed by atoms with Crippen LogP contribution in [0.1, 0.15) is 32.8 Å². The molecule has 0 saturated heterocycles. The van der Waals surface area contributed by atoms with E-state index in [1.165, 1.54) is 0 Å². The molecular weight excluding hydrogens is 272 g/mol. The molecule has 0 amide bonds. The Hall–Kier alpha value is -1.35. The van der Waals surface area contributed by atoms with Gasteiger partial charge < -0.3 is 5.73 Å². The summed E-state index contributed by atoms with van der Waals surface area (Å²) in [6, 6.07) is 6.57. The fourth-order valence-electron chi connectivity index (χ4n) is 1.39. The highest BCUT2D eigenvalue weighted by molar-refractivity contribution is 7.89. The van der Waals surface area contributed by atoms with Crippen molar-refractivity contribution in [2.75, 3.05) is 13.1 Å². The molecule has 0 aliphatic rings. The largest absolute Gasteiger partial charge is 0.320 e. The van der Waals surface area contributed by atoms with Gasteiger partial charge in [0.1, 0.15) is 0 Å². The third-order valence-electron chi connectivity index (χ3n) is 3.18. The molecule has 0 heterocycles. The van der Waals surface area contributed by atoms with Gasteiger partial charge in [-0.2, -0.15) is 0 Å². The van der Waals surface area contributed by atoms with Crippen LogP contribution in [0.3, 0.4) is 0 Å². The monoisotopic (exact) mass is 294 g/mol. The first-order valence-electron chi connectivity index (χ1n) is 6.59. The quantitative estimate of drug-likeness (QED) is 0.812. The summed E-state index contributed by atoms with van der Waals surface area (Å²) in [5.41, 5.74) is 5.89. The standard InChI is InChI=1S/C15H22N2O2S/c1-4-15(2,3)12-17-20(18,19)14-9-5-7-13(11-14)8-6-10-16/h5,7,9,11,17H,4,10,12,16H2,1-3H3. The molecular formula is C15H22N2O2S. The Morgan fingerprint density at radius 3 is 2.65 bits per heavy atom. The maximum Gasteiger partial charge on any atom is 0.240 e. The third kappa shape index (κ3) is 4.97. The van der Waals surface area contributed by atoms with Crippen molar-refractivity contribution in [1.82, 2.24) is 4.72 Å². The van der Waals surface area contributed by atoms with Gasteiger partial charge in [-0.3, -0.25) is 0 Å². The van der Waals surface area contributed by atoms with Crippen molar-refractivity contribution in [2.24, 2.45) is 11.1 Å². The Balaban J connectivity index is 2.93. The number of nitrogens with two attached hydrogens (primary N) is 1. The van der Waals surface area contributed by atoms with Crippen LogP contribution in [0.25, 0.3) is 0 Å². The van der Waals surface area contributed by atoms with Crippen molar-refractivity contribution >= 4 is 10.0 Å². The predicted octanol–water partition coefficient (Wildman–Crippen LogP) is 1.71. The minimum atomic E-state index is -3.50. The minimum absolute atomic E-state index is 0.0654. The lowest BCUT2D eigenvalue weighted by molar-refractivity contribution is 0.350. The van der Waals surface area contributed by atoms with Crippen LogP contribution in [0.5, 0.6) is 0 Å². The van der Waals surface area contributed by atoms with Gasteiger partial charge in [-0.1, -0.05) is 38.7 Å². The lowest BCUT2D eigenvalue weighted by Crippen LogP contribution is -2.33. The zero-order valence-corrected chi connectivity index (χ0v) is 13.0. The van der Waals surface area contributed by atoms with E-state index in [1.54, 1.807) is 24.3 Å². The van der Waals surface area contributed by atoms with Crippen molar-refractivity contribution in [3.8, 4) is 11.8 Å². The van der Waals surface area contributed by atoms with Crippen LogP contribution in [0.4, 0.5) is 0 Å². The van der Waals surface area contributed by atoms with Crippen LogP contribution >= 0.6 is 0 Å². The van der Waals surface area contributed by atoms with Gasteiger partial charge in [-0.25, -0.2) is 13.1 Å². The van der Waals surface area contributed by atoms with E-state index in [0.29, 0.717) is 12.1 Å². The fraction of sp³-hybridized carbons (Fsp3) is 0.467. The molecule has 3 N–H and O–H groups in total. The second-order valence-corrected chi connectivity index (χ2v) is 7.14. The molecule has 0 aliphatic heterocycles. The van der Waals surface area contributed by atoms with E-state index >= 15 is 0 Å². The van der Waals surface area contributed by atoms with E-state index < -0.39 is 10.0 Å². The second-order valence-electron chi connectivity index (χ2n) is 5.38. The molecule has 0 bridgehead atoms. The van der Waals surface area contributed by atoms with Gasteiger partial charge in [0.25, 0.3) is 0 Å². The lowest BCUT2D eigenvalue weighted by Gasteiger charge is -2.22. The van der Waals surface area contributed by atoms with Crippen LogP contribution in [0.15, 0.2) is 29.2 Å². The number of rotatable bonds is 5. The third-order valence-corrected chi connectivity index (χ3v) is 4.58. The molecule has 0 spiro atoms. The zero-order valence-electron chi connectivity index (χ0n) is 12.2. The topological polar surface area (TPSA) is 72.2 Å². The Morgan fingerprint density at radius 2 is 2.05 bits per heavy atom. The first kappa shape index (κ1) is 16.7. The second kappa shape index (κ2) is 6.89. The molecule has 4 nitrogen and oxygen atoms in total. The summed E-state index contributed by atoms with van der Waals surface area (Å²) in [5.74, 6) is 5.54. The van der Waals surface area contributed by atoms with Gasteiger partial charge >= 0.3 is 0 Å². The van der Waals surface area contributed by atoms with Gasteiger partial charge in [-0.05, 0) is 30.0 Å². The molecule has 0 aliphatic carbocycles. The normalized spacial score (nSPS) is 11.8. The maximum absolute atomic E-state index is 12.2. The lowest BCUT2D eigenvalue weighted by atomic mass is 9.91. The van der Waals surface area contributed by atoms with Crippen molar-refractivity contribution in [1.29, 1.82) is 0 Å². The summed E-state index contributed by atoms with van der Waals surface area (Å²) in [6.07, 6.45) is 0.900. The van der Waals surface area contributed by atoms with Crippen molar-refractivity contribution in [3.63, 3.8) is 0 Å². The molecule has 1 aromatic carbocycles. The van der Waals surface area contributed by atoms with Crippen LogP contribution in [-0.4, -0.2) is 21.5 Å². The van der Waals surface area contributed by atoms with Gasteiger partial charge in [0, 0.05) is 12.1 Å². The van der Waals surface area contributed by atoms with Crippen molar-refractivity contribution in [3.05, 3.63) is 29.8 Å². The molecule has 0 fully saturated rings. The summed E-state index contributed by atoms with van der Waals surface area (Å²) in [4.78, 5) is 0.230. The average Bonchev–Trinajstić information content (AvgIpc) is 2.43. The number of hydrogen-bond donors (Lipinski definition) is 2. The van der Waals surface area contributed by atoms with Crippen LogP contribution in [0.2, 0.25) is 0 Å². The van der Waals surface area contributed by atoms with E-state index in [-0.39, 0.29) is 16.9 Å². The fourth-order valence-corrected chi connectivity index (χ4v) is 2.68. The molecule has 1 rings (SSSR count). The van der Waals surface area contributed by atoms with Crippen LogP contribution in [0, 0.1) is 17.3 Å². The molecule has 20 heavy (non-hydrogen) atoms. The van der Waals surface area contributed by atoms with Crippen LogP contribution < -0.4 is 10.5 Å². The summed E-state index contributed by atoms with van der Waals surface area (Å²) < 4.78 is 27.1. The molecule has 0 saturated carbocycles.